The van der Waals surface area contributed by atoms with Crippen LogP contribution < -0.4 is 27.8 Å². The lowest BCUT2D eigenvalue weighted by Gasteiger charge is -2.16. The van der Waals surface area contributed by atoms with Gasteiger partial charge in [-0.3, -0.25) is 0 Å². The Hall–Kier alpha value is -3.05. The van der Waals surface area contributed by atoms with Crippen LogP contribution in [0.15, 0.2) is 60.7 Å². The fraction of sp³-hybridized carbons (Fsp3) is 0. The quantitative estimate of drug-likeness (QED) is 0.448. The van der Waals surface area contributed by atoms with E-state index in [1.165, 1.54) is 0 Å². The Kier molecular flexibility index (Phi) is 4.35. The number of para-hydroxylation sites is 2. The summed E-state index contributed by atoms with van der Waals surface area (Å²) in [7, 11) is 0. The summed E-state index contributed by atoms with van der Waals surface area (Å²) < 4.78 is 0. The number of hydrogen-bond acceptors (Lipinski definition) is 5. The lowest BCUT2D eigenvalue weighted by Crippen LogP contribution is -2.03. The van der Waals surface area contributed by atoms with E-state index in [-0.39, 0.29) is 0 Å². The number of benzene rings is 3. The maximum atomic E-state index is 6.02. The molecule has 122 valence electrons. The van der Waals surface area contributed by atoms with Gasteiger partial charge in [-0.25, -0.2) is 0 Å². The van der Waals surface area contributed by atoms with Gasteiger partial charge in [-0.05, 0) is 48.5 Å². The van der Waals surface area contributed by atoms with Crippen LogP contribution in [-0.2, 0) is 0 Å². The van der Waals surface area contributed by atoms with Crippen molar-refractivity contribution < 1.29 is 0 Å². The number of anilines is 7. The van der Waals surface area contributed by atoms with E-state index in [2.05, 4.69) is 10.6 Å². The van der Waals surface area contributed by atoms with Crippen molar-refractivity contribution in [2.24, 2.45) is 0 Å². The van der Waals surface area contributed by atoms with Crippen LogP contribution in [0.4, 0.5) is 39.8 Å². The average Bonchev–Trinajstić information content (AvgIpc) is 2.56. The zero-order valence-corrected chi connectivity index (χ0v) is 13.6. The zero-order valence-electron chi connectivity index (χ0n) is 12.9. The van der Waals surface area contributed by atoms with E-state index in [1.54, 1.807) is 12.1 Å². The summed E-state index contributed by atoms with van der Waals surface area (Å²) in [4.78, 5) is 0. The molecule has 0 atom stereocenters. The zero-order chi connectivity index (χ0) is 17.1. The molecule has 0 saturated heterocycles. The second-order valence-corrected chi connectivity index (χ2v) is 5.81. The monoisotopic (exact) mass is 339 g/mol. The lowest BCUT2D eigenvalue weighted by molar-refractivity contribution is 1.50. The van der Waals surface area contributed by atoms with Gasteiger partial charge in [-0.2, -0.15) is 0 Å². The molecule has 3 aromatic carbocycles. The molecule has 0 radical (unpaired) electrons. The van der Waals surface area contributed by atoms with Crippen LogP contribution in [0, 0.1) is 0 Å². The summed E-state index contributed by atoms with van der Waals surface area (Å²) in [5.41, 5.74) is 22.5. The van der Waals surface area contributed by atoms with Crippen molar-refractivity contribution >= 4 is 51.4 Å². The van der Waals surface area contributed by atoms with Gasteiger partial charge in [-0.1, -0.05) is 23.7 Å². The first kappa shape index (κ1) is 15.8. The number of halogens is 1. The molecule has 0 aromatic heterocycles. The molecule has 0 heterocycles. The number of nitrogen functional groups attached to an aromatic ring is 3. The van der Waals surface area contributed by atoms with Crippen molar-refractivity contribution in [1.29, 1.82) is 0 Å². The van der Waals surface area contributed by atoms with Crippen molar-refractivity contribution in [2.75, 3.05) is 27.8 Å². The molecule has 3 aromatic rings. The first-order valence-electron chi connectivity index (χ1n) is 7.36. The summed E-state index contributed by atoms with van der Waals surface area (Å²) in [6.07, 6.45) is 0. The maximum Gasteiger partial charge on any atom is 0.0640 e. The molecule has 0 aliphatic rings. The molecular formula is C18H18ClN5. The van der Waals surface area contributed by atoms with Crippen LogP contribution in [0.5, 0.6) is 0 Å². The number of rotatable bonds is 4. The third-order valence-corrected chi connectivity index (χ3v) is 3.83. The van der Waals surface area contributed by atoms with Gasteiger partial charge in [-0.15, -0.1) is 0 Å². The third kappa shape index (κ3) is 3.47. The highest BCUT2D eigenvalue weighted by Crippen LogP contribution is 2.33. The Balaban J connectivity index is 1.89. The summed E-state index contributed by atoms with van der Waals surface area (Å²) in [5, 5.41) is 7.33. The Bertz CT molecular complexity index is 862. The largest absolute Gasteiger partial charge is 0.397 e. The molecule has 3 rings (SSSR count). The first-order chi connectivity index (χ1) is 11.5. The van der Waals surface area contributed by atoms with Gasteiger partial charge >= 0.3 is 0 Å². The smallest absolute Gasteiger partial charge is 0.0640 e. The molecule has 0 fully saturated rings. The molecule has 0 amide bonds. The normalized spacial score (nSPS) is 10.4. The van der Waals surface area contributed by atoms with Gasteiger partial charge in [0, 0.05) is 10.7 Å². The van der Waals surface area contributed by atoms with Gasteiger partial charge in [0.1, 0.15) is 0 Å². The van der Waals surface area contributed by atoms with E-state index in [0.717, 1.165) is 17.1 Å². The van der Waals surface area contributed by atoms with E-state index >= 15 is 0 Å². The minimum absolute atomic E-state index is 0.464. The Morgan fingerprint density at radius 3 is 1.88 bits per heavy atom. The third-order valence-electron chi connectivity index (χ3n) is 3.57. The molecule has 0 unspecified atom stereocenters. The van der Waals surface area contributed by atoms with Crippen LogP contribution >= 0.6 is 11.6 Å². The predicted octanol–water partition coefficient (Wildman–Crippen LogP) is 4.57. The van der Waals surface area contributed by atoms with E-state index in [4.69, 9.17) is 28.8 Å². The topological polar surface area (TPSA) is 102 Å². The molecule has 8 N–H and O–H groups in total. The Morgan fingerprint density at radius 2 is 1.21 bits per heavy atom. The molecule has 0 saturated carbocycles. The summed E-state index contributed by atoms with van der Waals surface area (Å²) in [6.45, 7) is 0. The second kappa shape index (κ2) is 6.60. The fourth-order valence-corrected chi connectivity index (χ4v) is 2.42. The average molecular weight is 340 g/mol. The van der Waals surface area contributed by atoms with Gasteiger partial charge in [0.15, 0.2) is 0 Å². The van der Waals surface area contributed by atoms with Crippen molar-refractivity contribution in [3.63, 3.8) is 0 Å². The van der Waals surface area contributed by atoms with Crippen molar-refractivity contribution in [2.45, 2.75) is 0 Å². The standard InChI is InChI=1S/C18H18ClN5/c19-11-5-7-12(8-6-11)23-16-3-1-2-4-17(16)24-18-10-14(21)13(20)9-15(18)22/h1-10,23-24H,20-22H2. The number of nitrogens with one attached hydrogen (secondary N) is 2. The maximum absolute atomic E-state index is 6.02. The van der Waals surface area contributed by atoms with Gasteiger partial charge < -0.3 is 27.8 Å². The molecular weight excluding hydrogens is 322 g/mol. The van der Waals surface area contributed by atoms with Crippen LogP contribution in [-0.4, -0.2) is 0 Å². The molecule has 5 nitrogen and oxygen atoms in total. The van der Waals surface area contributed by atoms with Crippen LogP contribution in [0.2, 0.25) is 5.02 Å². The molecule has 0 aliphatic carbocycles. The number of hydrogen-bond donors (Lipinski definition) is 5. The van der Waals surface area contributed by atoms with Crippen LogP contribution in [0.25, 0.3) is 0 Å². The van der Waals surface area contributed by atoms with Crippen LogP contribution in [0.1, 0.15) is 0 Å². The minimum Gasteiger partial charge on any atom is -0.397 e. The van der Waals surface area contributed by atoms with E-state index in [0.29, 0.717) is 27.8 Å². The van der Waals surface area contributed by atoms with Crippen molar-refractivity contribution in [1.82, 2.24) is 0 Å². The van der Waals surface area contributed by atoms with E-state index in [9.17, 15) is 0 Å². The predicted molar refractivity (Wildman–Crippen MR) is 104 cm³/mol. The lowest BCUT2D eigenvalue weighted by atomic mass is 10.2. The molecule has 0 spiro atoms. The SMILES string of the molecule is Nc1cc(N)c(Nc2ccccc2Nc2ccc(Cl)cc2)cc1N. The summed E-state index contributed by atoms with van der Waals surface area (Å²) in [6, 6.07) is 18.7. The molecule has 6 heteroatoms. The molecule has 0 bridgehead atoms. The van der Waals surface area contributed by atoms with Gasteiger partial charge in [0.2, 0.25) is 0 Å². The van der Waals surface area contributed by atoms with E-state index in [1.807, 2.05) is 48.5 Å². The van der Waals surface area contributed by atoms with Crippen LogP contribution in [0.3, 0.4) is 0 Å². The fourth-order valence-electron chi connectivity index (χ4n) is 2.29. The summed E-state index contributed by atoms with van der Waals surface area (Å²) in [5.74, 6) is 0. The highest BCUT2D eigenvalue weighted by molar-refractivity contribution is 6.30. The first-order valence-corrected chi connectivity index (χ1v) is 7.74. The number of nitrogens with two attached hydrogens (primary N) is 3. The molecule has 0 aliphatic heterocycles. The summed E-state index contributed by atoms with van der Waals surface area (Å²) >= 11 is 5.92. The highest BCUT2D eigenvalue weighted by atomic mass is 35.5. The highest BCUT2D eigenvalue weighted by Gasteiger charge is 2.07. The Labute approximate surface area is 145 Å². The second-order valence-electron chi connectivity index (χ2n) is 5.37. The van der Waals surface area contributed by atoms with Gasteiger partial charge in [0.25, 0.3) is 0 Å². The van der Waals surface area contributed by atoms with Gasteiger partial charge in [0.05, 0.1) is 34.1 Å². The van der Waals surface area contributed by atoms with Crippen molar-refractivity contribution in [3.05, 3.63) is 65.7 Å². The van der Waals surface area contributed by atoms with E-state index < -0.39 is 0 Å². The minimum atomic E-state index is 0.464. The van der Waals surface area contributed by atoms with Crippen molar-refractivity contribution in [3.8, 4) is 0 Å². The molecule has 24 heavy (non-hydrogen) atoms. The Morgan fingerprint density at radius 1 is 0.625 bits per heavy atom.